The Bertz CT molecular complexity index is 821. The van der Waals surface area contributed by atoms with Crippen LogP contribution in [0.5, 0.6) is 0 Å². The van der Waals surface area contributed by atoms with Crippen molar-refractivity contribution in [2.45, 2.75) is 270 Å². The first-order chi connectivity index (χ1) is 26.7. The molecule has 0 aliphatic carbocycles. The minimum atomic E-state index is -0.835. The summed E-state index contributed by atoms with van der Waals surface area (Å²) >= 11 is 0. The Labute approximate surface area is 338 Å². The van der Waals surface area contributed by atoms with Crippen LogP contribution in [0.3, 0.4) is 0 Å². The molecule has 4 nitrogen and oxygen atoms in total. The molecule has 0 saturated heterocycles. The lowest BCUT2D eigenvalue weighted by molar-refractivity contribution is -0.123. The second-order valence-electron chi connectivity index (χ2n) is 16.5. The first-order valence-electron chi connectivity index (χ1n) is 24.2. The van der Waals surface area contributed by atoms with Crippen molar-refractivity contribution in [2.75, 3.05) is 6.61 Å². The van der Waals surface area contributed by atoms with Gasteiger partial charge in [0.05, 0.1) is 18.8 Å². The fourth-order valence-corrected chi connectivity index (χ4v) is 7.39. The van der Waals surface area contributed by atoms with Crippen LogP contribution < -0.4 is 5.32 Å². The summed E-state index contributed by atoms with van der Waals surface area (Å²) in [6.45, 7) is 4.29. The van der Waals surface area contributed by atoms with Gasteiger partial charge in [-0.1, -0.05) is 237 Å². The van der Waals surface area contributed by atoms with Crippen LogP contribution in [0.1, 0.15) is 258 Å². The second-order valence-corrected chi connectivity index (χ2v) is 16.5. The standard InChI is InChI=1S/C50H95NO3/c1-3-5-7-9-11-13-14-15-16-17-18-19-20-21-22-23-24-25-26-27-28-29-30-31-32-33-34-35-36-38-40-42-44-46-50(54)51-48(47-52)49(53)45-43-41-39-37-12-10-8-6-4-2/h18-19,21-22,43,45,48-49,52-53H,3-17,20,23-42,44,46-47H2,1-2H3,(H,51,54)/b19-18-,22-21-,45-43+. The first-order valence-corrected chi connectivity index (χ1v) is 24.2. The monoisotopic (exact) mass is 758 g/mol. The predicted molar refractivity (Wildman–Crippen MR) is 239 cm³/mol. The van der Waals surface area contributed by atoms with Crippen molar-refractivity contribution in [3.63, 3.8) is 0 Å². The average Bonchev–Trinajstić information content (AvgIpc) is 3.18. The lowest BCUT2D eigenvalue weighted by Crippen LogP contribution is -2.45. The Morgan fingerprint density at radius 3 is 1.11 bits per heavy atom. The van der Waals surface area contributed by atoms with E-state index in [2.05, 4.69) is 43.5 Å². The summed E-state index contributed by atoms with van der Waals surface area (Å²) in [6.07, 6.45) is 61.5. The molecule has 318 valence electrons. The maximum atomic E-state index is 12.3. The molecule has 0 saturated carbocycles. The number of carbonyl (C=O) groups is 1. The molecule has 0 spiro atoms. The molecule has 0 aliphatic heterocycles. The van der Waals surface area contributed by atoms with E-state index in [-0.39, 0.29) is 12.5 Å². The molecule has 0 heterocycles. The first kappa shape index (κ1) is 52.6. The van der Waals surface area contributed by atoms with E-state index in [9.17, 15) is 15.0 Å². The van der Waals surface area contributed by atoms with E-state index in [1.807, 2.05) is 6.08 Å². The number of hydrogen-bond acceptors (Lipinski definition) is 3. The van der Waals surface area contributed by atoms with E-state index in [0.717, 1.165) is 32.1 Å². The quantitative estimate of drug-likeness (QED) is 0.0428. The lowest BCUT2D eigenvalue weighted by atomic mass is 10.0. The number of unbranched alkanes of at least 4 members (excludes halogenated alkanes) is 33. The van der Waals surface area contributed by atoms with Gasteiger partial charge in [0.15, 0.2) is 0 Å². The van der Waals surface area contributed by atoms with Gasteiger partial charge in [0.1, 0.15) is 0 Å². The Hall–Kier alpha value is -1.39. The van der Waals surface area contributed by atoms with Gasteiger partial charge >= 0.3 is 0 Å². The highest BCUT2D eigenvalue weighted by Crippen LogP contribution is 2.16. The van der Waals surface area contributed by atoms with Crippen LogP contribution in [0.2, 0.25) is 0 Å². The van der Waals surface area contributed by atoms with Crippen molar-refractivity contribution in [3.8, 4) is 0 Å². The van der Waals surface area contributed by atoms with Gasteiger partial charge < -0.3 is 15.5 Å². The zero-order valence-corrected chi connectivity index (χ0v) is 36.5. The molecule has 3 N–H and O–H groups in total. The minimum absolute atomic E-state index is 0.0647. The number of hydrogen-bond donors (Lipinski definition) is 3. The molecule has 2 unspecified atom stereocenters. The van der Waals surface area contributed by atoms with Crippen molar-refractivity contribution in [1.29, 1.82) is 0 Å². The molecule has 0 bridgehead atoms. The topological polar surface area (TPSA) is 69.6 Å². The molecular formula is C50H95NO3. The fraction of sp³-hybridized carbons (Fsp3) is 0.860. The van der Waals surface area contributed by atoms with Crippen LogP contribution in [0, 0.1) is 0 Å². The van der Waals surface area contributed by atoms with Crippen molar-refractivity contribution < 1.29 is 15.0 Å². The van der Waals surface area contributed by atoms with Gasteiger partial charge in [-0.25, -0.2) is 0 Å². The zero-order chi connectivity index (χ0) is 39.3. The van der Waals surface area contributed by atoms with Crippen LogP contribution in [0.15, 0.2) is 36.5 Å². The molecule has 0 aromatic carbocycles. The van der Waals surface area contributed by atoms with Gasteiger partial charge in [0.25, 0.3) is 0 Å². The highest BCUT2D eigenvalue weighted by Gasteiger charge is 2.17. The molecule has 0 aliphatic rings. The van der Waals surface area contributed by atoms with Gasteiger partial charge in [-0.2, -0.15) is 0 Å². The van der Waals surface area contributed by atoms with Gasteiger partial charge in [0, 0.05) is 6.42 Å². The van der Waals surface area contributed by atoms with E-state index in [0.29, 0.717) is 6.42 Å². The normalized spacial score (nSPS) is 13.2. The Kier molecular flexibility index (Phi) is 44.8. The van der Waals surface area contributed by atoms with Crippen molar-refractivity contribution in [3.05, 3.63) is 36.5 Å². The van der Waals surface area contributed by atoms with Crippen molar-refractivity contribution >= 4 is 5.91 Å². The molecule has 4 heteroatoms. The Balaban J connectivity index is 3.41. The Morgan fingerprint density at radius 1 is 0.444 bits per heavy atom. The number of allylic oxidation sites excluding steroid dienone is 5. The van der Waals surface area contributed by atoms with E-state index in [4.69, 9.17) is 0 Å². The highest BCUT2D eigenvalue weighted by molar-refractivity contribution is 5.76. The zero-order valence-electron chi connectivity index (χ0n) is 36.5. The number of aliphatic hydroxyl groups excluding tert-OH is 2. The highest BCUT2D eigenvalue weighted by atomic mass is 16.3. The summed E-state index contributed by atoms with van der Waals surface area (Å²) < 4.78 is 0. The number of carbonyl (C=O) groups excluding carboxylic acids is 1. The third-order valence-electron chi connectivity index (χ3n) is 11.1. The van der Waals surface area contributed by atoms with Crippen LogP contribution in [-0.2, 0) is 4.79 Å². The largest absolute Gasteiger partial charge is 0.394 e. The van der Waals surface area contributed by atoms with Crippen molar-refractivity contribution in [1.82, 2.24) is 5.32 Å². The van der Waals surface area contributed by atoms with Crippen molar-refractivity contribution in [2.24, 2.45) is 0 Å². The van der Waals surface area contributed by atoms with Crippen LogP contribution in [0.25, 0.3) is 0 Å². The van der Waals surface area contributed by atoms with Gasteiger partial charge in [0.2, 0.25) is 5.91 Å². The third-order valence-corrected chi connectivity index (χ3v) is 11.1. The molecule has 1 amide bonds. The van der Waals surface area contributed by atoms with E-state index in [1.54, 1.807) is 6.08 Å². The molecule has 0 radical (unpaired) electrons. The maximum absolute atomic E-state index is 12.3. The summed E-state index contributed by atoms with van der Waals surface area (Å²) in [6, 6.07) is -0.618. The summed E-state index contributed by atoms with van der Waals surface area (Å²) in [5, 5.41) is 22.9. The smallest absolute Gasteiger partial charge is 0.220 e. The molecule has 54 heavy (non-hydrogen) atoms. The predicted octanol–water partition coefficient (Wildman–Crippen LogP) is 15.4. The van der Waals surface area contributed by atoms with Gasteiger partial charge in [-0.15, -0.1) is 0 Å². The molecule has 0 aromatic rings. The summed E-state index contributed by atoms with van der Waals surface area (Å²) in [7, 11) is 0. The van der Waals surface area contributed by atoms with Crippen LogP contribution in [0.4, 0.5) is 0 Å². The molecule has 2 atom stereocenters. The average molecular weight is 758 g/mol. The molecule has 0 fully saturated rings. The van der Waals surface area contributed by atoms with Gasteiger partial charge in [-0.3, -0.25) is 4.79 Å². The van der Waals surface area contributed by atoms with Gasteiger partial charge in [-0.05, 0) is 51.4 Å². The summed E-state index contributed by atoms with van der Waals surface area (Å²) in [5.41, 5.74) is 0. The van der Waals surface area contributed by atoms with E-state index < -0.39 is 12.1 Å². The van der Waals surface area contributed by atoms with Crippen LogP contribution in [-0.4, -0.2) is 34.9 Å². The van der Waals surface area contributed by atoms with Crippen LogP contribution >= 0.6 is 0 Å². The SMILES string of the molecule is CCCCCCCCC/C=C/C(O)C(CO)NC(=O)CCCCCCCCCCCCCCCCCCC/C=C\C/C=C\CCCCCCCCCCC. The number of amides is 1. The number of aliphatic hydroxyl groups is 2. The molecule has 0 rings (SSSR count). The second kappa shape index (κ2) is 46.0. The lowest BCUT2D eigenvalue weighted by Gasteiger charge is -2.20. The fourth-order valence-electron chi connectivity index (χ4n) is 7.39. The minimum Gasteiger partial charge on any atom is -0.394 e. The summed E-state index contributed by atoms with van der Waals surface area (Å²) in [5.74, 6) is -0.0647. The third kappa shape index (κ3) is 41.8. The Morgan fingerprint density at radius 2 is 0.759 bits per heavy atom. The molecule has 0 aromatic heterocycles. The summed E-state index contributed by atoms with van der Waals surface area (Å²) in [4.78, 5) is 12.3. The number of rotatable bonds is 44. The van der Waals surface area contributed by atoms with E-state index in [1.165, 1.54) is 205 Å². The maximum Gasteiger partial charge on any atom is 0.220 e. The molecular weight excluding hydrogens is 663 g/mol. The number of nitrogens with one attached hydrogen (secondary N) is 1. The van der Waals surface area contributed by atoms with E-state index >= 15 is 0 Å².